The molecule has 33 heavy (non-hydrogen) atoms. The van der Waals surface area contributed by atoms with E-state index in [2.05, 4.69) is 22.7 Å². The molecule has 0 unspecified atom stereocenters. The van der Waals surface area contributed by atoms with Gasteiger partial charge in [-0.05, 0) is 48.0 Å². The van der Waals surface area contributed by atoms with Crippen LogP contribution in [0.15, 0.2) is 72.5 Å². The van der Waals surface area contributed by atoms with Crippen molar-refractivity contribution in [3.05, 3.63) is 89.2 Å². The Morgan fingerprint density at radius 2 is 2.06 bits per heavy atom. The smallest absolute Gasteiger partial charge is 0.346 e. The minimum atomic E-state index is -0.474. The molecule has 8 nitrogen and oxygen atoms in total. The minimum Gasteiger partial charge on any atom is -0.473 e. The number of carbonyl (C=O) groups is 1. The zero-order valence-corrected chi connectivity index (χ0v) is 19.0. The molecule has 0 radical (unpaired) electrons. The quantitative estimate of drug-likeness (QED) is 0.359. The van der Waals surface area contributed by atoms with Crippen LogP contribution in [-0.4, -0.2) is 33.7 Å². The highest BCUT2D eigenvalue weighted by Crippen LogP contribution is 2.27. The number of ether oxygens (including phenoxy) is 2. The average molecular weight is 464 g/mol. The van der Waals surface area contributed by atoms with Gasteiger partial charge in [0, 0.05) is 30.9 Å². The third-order valence-corrected chi connectivity index (χ3v) is 4.73. The van der Waals surface area contributed by atoms with Crippen LogP contribution in [0.1, 0.15) is 16.7 Å². The van der Waals surface area contributed by atoms with Crippen LogP contribution >= 0.6 is 11.6 Å². The molecule has 0 aliphatic carbocycles. The maximum absolute atomic E-state index is 12.4. The molecule has 0 atom stereocenters. The number of benzene rings is 2. The van der Waals surface area contributed by atoms with Gasteiger partial charge in [-0.15, -0.1) is 0 Å². The first-order chi connectivity index (χ1) is 15.9. The highest BCUT2D eigenvalue weighted by Gasteiger charge is 2.12. The molecule has 0 bridgehead atoms. The first-order valence-corrected chi connectivity index (χ1v) is 10.3. The van der Waals surface area contributed by atoms with Crippen molar-refractivity contribution in [3.8, 4) is 17.6 Å². The van der Waals surface area contributed by atoms with Crippen molar-refractivity contribution in [1.29, 1.82) is 5.26 Å². The summed E-state index contributed by atoms with van der Waals surface area (Å²) in [6, 6.07) is 13.6. The lowest BCUT2D eigenvalue weighted by molar-refractivity contribution is 0.215. The topological polar surface area (TPSA) is 92.7 Å². The van der Waals surface area contributed by atoms with E-state index < -0.39 is 6.03 Å². The van der Waals surface area contributed by atoms with Crippen molar-refractivity contribution < 1.29 is 14.3 Å². The third kappa shape index (κ3) is 6.69. The van der Waals surface area contributed by atoms with Crippen molar-refractivity contribution >= 4 is 23.5 Å². The number of nitrogens with zero attached hydrogens (tertiary/aromatic N) is 5. The maximum Gasteiger partial charge on any atom is 0.346 e. The summed E-state index contributed by atoms with van der Waals surface area (Å²) in [6.45, 7) is 4.11. The Morgan fingerprint density at radius 3 is 2.70 bits per heavy atom. The molecule has 3 aromatic rings. The van der Waals surface area contributed by atoms with E-state index >= 15 is 0 Å². The van der Waals surface area contributed by atoms with Gasteiger partial charge in [-0.25, -0.2) is 4.79 Å². The third-order valence-electron chi connectivity index (χ3n) is 4.48. The van der Waals surface area contributed by atoms with Crippen molar-refractivity contribution in [1.82, 2.24) is 14.7 Å². The molecule has 0 N–H and O–H groups in total. The van der Waals surface area contributed by atoms with Crippen LogP contribution in [0.4, 0.5) is 4.79 Å². The summed E-state index contributed by atoms with van der Waals surface area (Å²) in [5.41, 5.74) is 1.94. The van der Waals surface area contributed by atoms with Crippen LogP contribution in [0.2, 0.25) is 5.02 Å². The van der Waals surface area contributed by atoms with Crippen LogP contribution in [-0.2, 0) is 24.9 Å². The van der Waals surface area contributed by atoms with Gasteiger partial charge in [-0.1, -0.05) is 24.2 Å². The van der Waals surface area contributed by atoms with Gasteiger partial charge < -0.3 is 14.4 Å². The largest absolute Gasteiger partial charge is 0.473 e. The van der Waals surface area contributed by atoms with E-state index in [9.17, 15) is 10.1 Å². The van der Waals surface area contributed by atoms with Crippen LogP contribution in [0.5, 0.6) is 11.5 Å². The Hall–Kier alpha value is -4.09. The number of aliphatic imine (C=N–C) groups is 1. The molecule has 1 heterocycles. The molecule has 0 saturated carbocycles. The SMILES string of the molecule is C=C/C(=N\C(=O)N(C)Cc1cnn(C)c1)OCc1ccc(Oc2ccc(Cl)cc2)c(C#N)c1. The number of hydrogen-bond acceptors (Lipinski definition) is 5. The Kier molecular flexibility index (Phi) is 7.84. The lowest BCUT2D eigenvalue weighted by Crippen LogP contribution is -2.24. The monoisotopic (exact) mass is 463 g/mol. The summed E-state index contributed by atoms with van der Waals surface area (Å²) in [5.74, 6) is 1.06. The van der Waals surface area contributed by atoms with E-state index in [-0.39, 0.29) is 12.5 Å². The number of amides is 2. The Labute approximate surface area is 196 Å². The van der Waals surface area contributed by atoms with Gasteiger partial charge in [-0.3, -0.25) is 4.68 Å². The standard InChI is InChI=1S/C24H22ClN5O3/c1-4-23(28-24(31)29(2)14-18-13-27-30(3)15-18)32-16-17-5-10-22(19(11-17)12-26)33-21-8-6-20(25)7-9-21/h4-11,13,15H,1,14,16H2,2-3H3/b28-23+. The van der Waals surface area contributed by atoms with Gasteiger partial charge in [0.15, 0.2) is 0 Å². The number of hydrogen-bond donors (Lipinski definition) is 0. The summed E-state index contributed by atoms with van der Waals surface area (Å²) in [7, 11) is 3.44. The number of urea groups is 1. The number of rotatable bonds is 7. The second-order valence-corrected chi connectivity index (χ2v) is 7.54. The number of carbonyl (C=O) groups excluding carboxylic acids is 1. The summed E-state index contributed by atoms with van der Waals surface area (Å²) in [6.07, 6.45) is 4.87. The molecule has 2 amide bonds. The van der Waals surface area contributed by atoms with Crippen molar-refractivity contribution in [3.63, 3.8) is 0 Å². The van der Waals surface area contributed by atoms with E-state index in [1.807, 2.05) is 6.20 Å². The van der Waals surface area contributed by atoms with Crippen molar-refractivity contribution in [2.24, 2.45) is 12.0 Å². The number of nitriles is 1. The fourth-order valence-corrected chi connectivity index (χ4v) is 2.97. The van der Waals surface area contributed by atoms with Gasteiger partial charge in [-0.2, -0.15) is 15.4 Å². The predicted octanol–water partition coefficient (Wildman–Crippen LogP) is 5.09. The fraction of sp³-hybridized carbons (Fsp3) is 0.167. The first kappa shape index (κ1) is 23.6. The van der Waals surface area contributed by atoms with Crippen LogP contribution in [0, 0.1) is 11.3 Å². The van der Waals surface area contributed by atoms with Gasteiger partial charge in [0.1, 0.15) is 24.2 Å². The predicted molar refractivity (Wildman–Crippen MR) is 125 cm³/mol. The van der Waals surface area contributed by atoms with Gasteiger partial charge >= 0.3 is 6.03 Å². The number of halogens is 1. The fourth-order valence-electron chi connectivity index (χ4n) is 2.84. The highest BCUT2D eigenvalue weighted by molar-refractivity contribution is 6.30. The zero-order valence-electron chi connectivity index (χ0n) is 18.2. The molecule has 0 aliphatic rings. The molecule has 2 aromatic carbocycles. The summed E-state index contributed by atoms with van der Waals surface area (Å²) in [5, 5.41) is 14.2. The van der Waals surface area contributed by atoms with E-state index in [4.69, 9.17) is 21.1 Å². The molecule has 0 saturated heterocycles. The Balaban J connectivity index is 1.63. The molecule has 168 valence electrons. The van der Waals surface area contributed by atoms with Crippen LogP contribution in [0.3, 0.4) is 0 Å². The Morgan fingerprint density at radius 1 is 1.30 bits per heavy atom. The zero-order chi connectivity index (χ0) is 23.8. The van der Waals surface area contributed by atoms with E-state index in [0.717, 1.165) is 5.56 Å². The van der Waals surface area contributed by atoms with E-state index in [1.165, 1.54) is 11.0 Å². The number of aromatic nitrogens is 2. The van der Waals surface area contributed by atoms with Crippen LogP contribution < -0.4 is 4.74 Å². The lowest BCUT2D eigenvalue weighted by atomic mass is 10.1. The van der Waals surface area contributed by atoms with E-state index in [1.54, 1.807) is 67.4 Å². The average Bonchev–Trinajstić information content (AvgIpc) is 3.22. The van der Waals surface area contributed by atoms with Gasteiger partial charge in [0.2, 0.25) is 5.90 Å². The molecular formula is C24H22ClN5O3. The van der Waals surface area contributed by atoms with E-state index in [0.29, 0.717) is 34.2 Å². The highest BCUT2D eigenvalue weighted by atomic mass is 35.5. The Bertz CT molecular complexity index is 1210. The summed E-state index contributed by atoms with van der Waals surface area (Å²) in [4.78, 5) is 17.8. The minimum absolute atomic E-state index is 0.0815. The number of aryl methyl sites for hydroxylation is 1. The molecule has 1 aromatic heterocycles. The molecule has 3 rings (SSSR count). The maximum atomic E-state index is 12.4. The summed E-state index contributed by atoms with van der Waals surface area (Å²) >= 11 is 5.89. The van der Waals surface area contributed by atoms with Crippen molar-refractivity contribution in [2.75, 3.05) is 7.05 Å². The van der Waals surface area contributed by atoms with Crippen molar-refractivity contribution in [2.45, 2.75) is 13.2 Å². The second-order valence-electron chi connectivity index (χ2n) is 7.10. The molecule has 0 fully saturated rings. The molecular weight excluding hydrogens is 442 g/mol. The first-order valence-electron chi connectivity index (χ1n) is 9.91. The molecule has 0 spiro atoms. The second kappa shape index (κ2) is 11.0. The molecule has 0 aliphatic heterocycles. The lowest BCUT2D eigenvalue weighted by Gasteiger charge is -2.14. The summed E-state index contributed by atoms with van der Waals surface area (Å²) < 4.78 is 13.1. The van der Waals surface area contributed by atoms with Gasteiger partial charge in [0.25, 0.3) is 0 Å². The van der Waals surface area contributed by atoms with Gasteiger partial charge in [0.05, 0.1) is 18.3 Å². The molecule has 9 heteroatoms. The normalized spacial score (nSPS) is 10.9. The van der Waals surface area contributed by atoms with Crippen LogP contribution in [0.25, 0.3) is 0 Å².